The standard InChI is InChI=1S/C13H22N2O2/c1-13(2,3)17-12(16)15-7-9-4-5-11(14)6-10(9)8-15/h11H,4-8,14H2,1-3H3. The molecule has 0 spiro atoms. The number of amides is 1. The molecule has 1 heterocycles. The molecule has 96 valence electrons. The number of carbonyl (C=O) groups is 1. The van der Waals surface area contributed by atoms with Crippen molar-refractivity contribution in [1.82, 2.24) is 4.90 Å². The van der Waals surface area contributed by atoms with Crippen molar-refractivity contribution in [3.63, 3.8) is 0 Å². The lowest BCUT2D eigenvalue weighted by Gasteiger charge is -2.24. The predicted molar refractivity (Wildman–Crippen MR) is 66.7 cm³/mol. The Bertz CT molecular complexity index is 355. The predicted octanol–water partition coefficient (Wildman–Crippen LogP) is 2.04. The molecule has 0 radical (unpaired) electrons. The van der Waals surface area contributed by atoms with Gasteiger partial charge in [-0.15, -0.1) is 0 Å². The highest BCUT2D eigenvalue weighted by molar-refractivity contribution is 5.70. The van der Waals surface area contributed by atoms with Crippen molar-refractivity contribution in [2.45, 2.75) is 51.7 Å². The molecule has 2 aliphatic rings. The van der Waals surface area contributed by atoms with Gasteiger partial charge >= 0.3 is 6.09 Å². The Balaban J connectivity index is 1.94. The second-order valence-corrected chi connectivity index (χ2v) is 6.05. The van der Waals surface area contributed by atoms with Gasteiger partial charge in [-0.1, -0.05) is 0 Å². The first kappa shape index (κ1) is 12.4. The Hall–Kier alpha value is -1.03. The van der Waals surface area contributed by atoms with E-state index in [1.54, 1.807) is 4.90 Å². The van der Waals surface area contributed by atoms with Gasteiger partial charge in [-0.3, -0.25) is 0 Å². The quantitative estimate of drug-likeness (QED) is 0.657. The molecule has 4 nitrogen and oxygen atoms in total. The Labute approximate surface area is 103 Å². The lowest BCUT2D eigenvalue weighted by Crippen LogP contribution is -2.35. The summed E-state index contributed by atoms with van der Waals surface area (Å²) in [6.45, 7) is 7.12. The molecular weight excluding hydrogens is 216 g/mol. The van der Waals surface area contributed by atoms with Crippen LogP contribution in [0.5, 0.6) is 0 Å². The summed E-state index contributed by atoms with van der Waals surface area (Å²) in [5.41, 5.74) is 8.28. The van der Waals surface area contributed by atoms with E-state index >= 15 is 0 Å². The average molecular weight is 238 g/mol. The van der Waals surface area contributed by atoms with E-state index in [1.165, 1.54) is 11.1 Å². The molecular formula is C13H22N2O2. The molecule has 0 fully saturated rings. The summed E-state index contributed by atoms with van der Waals surface area (Å²) in [7, 11) is 0. The molecule has 0 aromatic rings. The van der Waals surface area contributed by atoms with Crippen LogP contribution in [0.2, 0.25) is 0 Å². The summed E-state index contributed by atoms with van der Waals surface area (Å²) in [4.78, 5) is 13.7. The molecule has 0 aromatic heterocycles. The van der Waals surface area contributed by atoms with E-state index in [2.05, 4.69) is 0 Å². The fourth-order valence-electron chi connectivity index (χ4n) is 2.44. The minimum atomic E-state index is -0.420. The van der Waals surface area contributed by atoms with E-state index in [4.69, 9.17) is 10.5 Å². The molecule has 1 amide bonds. The van der Waals surface area contributed by atoms with Crippen molar-refractivity contribution >= 4 is 6.09 Å². The molecule has 0 aromatic carbocycles. The van der Waals surface area contributed by atoms with Gasteiger partial charge in [0, 0.05) is 19.1 Å². The van der Waals surface area contributed by atoms with E-state index in [1.807, 2.05) is 20.8 Å². The molecule has 0 bridgehead atoms. The van der Waals surface area contributed by atoms with Crippen LogP contribution in [0.1, 0.15) is 40.0 Å². The van der Waals surface area contributed by atoms with E-state index < -0.39 is 5.60 Å². The summed E-state index contributed by atoms with van der Waals surface area (Å²) in [5.74, 6) is 0. The van der Waals surface area contributed by atoms with Crippen LogP contribution < -0.4 is 5.73 Å². The van der Waals surface area contributed by atoms with Gasteiger partial charge < -0.3 is 15.4 Å². The third-order valence-corrected chi connectivity index (χ3v) is 3.24. The normalized spacial score (nSPS) is 24.9. The van der Waals surface area contributed by atoms with Crippen molar-refractivity contribution in [1.29, 1.82) is 0 Å². The third-order valence-electron chi connectivity index (χ3n) is 3.24. The third kappa shape index (κ3) is 3.00. The maximum atomic E-state index is 11.9. The minimum absolute atomic E-state index is 0.208. The fourth-order valence-corrected chi connectivity index (χ4v) is 2.44. The average Bonchev–Trinajstić information content (AvgIpc) is 2.57. The maximum Gasteiger partial charge on any atom is 0.410 e. The summed E-state index contributed by atoms with van der Waals surface area (Å²) in [5, 5.41) is 0. The van der Waals surface area contributed by atoms with Gasteiger partial charge in [0.1, 0.15) is 5.60 Å². The van der Waals surface area contributed by atoms with Crippen molar-refractivity contribution in [2.75, 3.05) is 13.1 Å². The van der Waals surface area contributed by atoms with Gasteiger partial charge in [0.25, 0.3) is 0 Å². The van der Waals surface area contributed by atoms with E-state index in [-0.39, 0.29) is 12.1 Å². The molecule has 2 N–H and O–H groups in total. The van der Waals surface area contributed by atoms with Crippen molar-refractivity contribution in [3.05, 3.63) is 11.1 Å². The maximum absolute atomic E-state index is 11.9. The number of hydrogen-bond donors (Lipinski definition) is 1. The highest BCUT2D eigenvalue weighted by Crippen LogP contribution is 2.31. The monoisotopic (exact) mass is 238 g/mol. The van der Waals surface area contributed by atoms with Gasteiger partial charge in [-0.2, -0.15) is 0 Å². The SMILES string of the molecule is CC(C)(C)OC(=O)N1CC2=C(CC(N)CC2)C1. The van der Waals surface area contributed by atoms with Crippen molar-refractivity contribution in [2.24, 2.45) is 5.73 Å². The van der Waals surface area contributed by atoms with Gasteiger partial charge in [0.2, 0.25) is 0 Å². The second-order valence-electron chi connectivity index (χ2n) is 6.05. The topological polar surface area (TPSA) is 55.6 Å². The second kappa shape index (κ2) is 4.33. The molecule has 4 heteroatoms. The van der Waals surface area contributed by atoms with Crippen molar-refractivity contribution in [3.8, 4) is 0 Å². The molecule has 1 unspecified atom stereocenters. The first-order valence-corrected chi connectivity index (χ1v) is 6.28. The number of nitrogens with two attached hydrogens (primary N) is 1. The Kier molecular flexibility index (Phi) is 3.17. The van der Waals surface area contributed by atoms with E-state index in [0.717, 1.165) is 25.8 Å². The zero-order chi connectivity index (χ0) is 12.6. The number of nitrogens with zero attached hydrogens (tertiary/aromatic N) is 1. The number of rotatable bonds is 0. The first-order chi connectivity index (χ1) is 7.85. The Morgan fingerprint density at radius 3 is 2.65 bits per heavy atom. The molecule has 0 saturated carbocycles. The minimum Gasteiger partial charge on any atom is -0.444 e. The zero-order valence-corrected chi connectivity index (χ0v) is 11.0. The molecule has 2 rings (SSSR count). The smallest absolute Gasteiger partial charge is 0.410 e. The first-order valence-electron chi connectivity index (χ1n) is 6.28. The van der Waals surface area contributed by atoms with Crippen LogP contribution in [-0.4, -0.2) is 35.7 Å². The number of ether oxygens (including phenoxy) is 1. The lowest BCUT2D eigenvalue weighted by atomic mass is 9.91. The number of hydrogen-bond acceptors (Lipinski definition) is 3. The zero-order valence-electron chi connectivity index (χ0n) is 11.0. The highest BCUT2D eigenvalue weighted by Gasteiger charge is 2.31. The molecule has 1 atom stereocenters. The lowest BCUT2D eigenvalue weighted by molar-refractivity contribution is 0.0298. The number of carbonyl (C=O) groups excluding carboxylic acids is 1. The summed E-state index contributed by atoms with van der Waals surface area (Å²) >= 11 is 0. The fraction of sp³-hybridized carbons (Fsp3) is 0.769. The van der Waals surface area contributed by atoms with Gasteiger partial charge in [0.15, 0.2) is 0 Å². The molecule has 1 aliphatic heterocycles. The van der Waals surface area contributed by atoms with Crippen LogP contribution in [0.15, 0.2) is 11.1 Å². The van der Waals surface area contributed by atoms with Gasteiger partial charge in [0.05, 0.1) is 0 Å². The molecule has 17 heavy (non-hydrogen) atoms. The van der Waals surface area contributed by atoms with E-state index in [9.17, 15) is 4.79 Å². The highest BCUT2D eigenvalue weighted by atomic mass is 16.6. The Morgan fingerprint density at radius 1 is 1.35 bits per heavy atom. The summed E-state index contributed by atoms with van der Waals surface area (Å²) in [6.07, 6.45) is 2.81. The van der Waals surface area contributed by atoms with Crippen LogP contribution in [0.4, 0.5) is 4.79 Å². The van der Waals surface area contributed by atoms with Crippen LogP contribution in [0.3, 0.4) is 0 Å². The summed E-state index contributed by atoms with van der Waals surface area (Å²) in [6, 6.07) is 0.271. The largest absolute Gasteiger partial charge is 0.444 e. The molecule has 1 aliphatic carbocycles. The van der Waals surface area contributed by atoms with Gasteiger partial charge in [-0.25, -0.2) is 4.79 Å². The van der Waals surface area contributed by atoms with Crippen LogP contribution >= 0.6 is 0 Å². The van der Waals surface area contributed by atoms with E-state index in [0.29, 0.717) is 6.54 Å². The summed E-state index contributed by atoms with van der Waals surface area (Å²) < 4.78 is 5.38. The van der Waals surface area contributed by atoms with Gasteiger partial charge in [-0.05, 0) is 51.2 Å². The Morgan fingerprint density at radius 2 is 2.00 bits per heavy atom. The van der Waals surface area contributed by atoms with Crippen LogP contribution in [-0.2, 0) is 4.74 Å². The van der Waals surface area contributed by atoms with Crippen molar-refractivity contribution < 1.29 is 9.53 Å². The van der Waals surface area contributed by atoms with Crippen LogP contribution in [0, 0.1) is 0 Å². The molecule has 0 saturated heterocycles. The van der Waals surface area contributed by atoms with Crippen LogP contribution in [0.25, 0.3) is 0 Å².